The summed E-state index contributed by atoms with van der Waals surface area (Å²) in [5.74, 6) is 0.781. The van der Waals surface area contributed by atoms with E-state index in [4.69, 9.17) is 33.4 Å². The van der Waals surface area contributed by atoms with Crippen LogP contribution in [-0.2, 0) is 13.0 Å². The van der Waals surface area contributed by atoms with Gasteiger partial charge in [0.05, 0.1) is 17.5 Å². The van der Waals surface area contributed by atoms with Gasteiger partial charge in [-0.25, -0.2) is 0 Å². The van der Waals surface area contributed by atoms with Crippen LogP contribution >= 0.6 is 23.2 Å². The third-order valence-electron chi connectivity index (χ3n) is 3.20. The highest BCUT2D eigenvalue weighted by atomic mass is 35.5. The van der Waals surface area contributed by atoms with Crippen molar-refractivity contribution in [2.24, 2.45) is 5.73 Å². The highest BCUT2D eigenvalue weighted by molar-refractivity contribution is 6.37. The molecule has 0 aliphatic heterocycles. The molecule has 2 aromatic carbocycles. The molecule has 0 unspecified atom stereocenters. The van der Waals surface area contributed by atoms with Gasteiger partial charge in [-0.15, -0.1) is 0 Å². The molecule has 110 valence electrons. The summed E-state index contributed by atoms with van der Waals surface area (Å²) in [4.78, 5) is 0. The van der Waals surface area contributed by atoms with Gasteiger partial charge in [-0.3, -0.25) is 4.42 Å². The summed E-state index contributed by atoms with van der Waals surface area (Å²) >= 11 is 12.4. The Bertz CT molecular complexity index is 639. The second-order valence-electron chi connectivity index (χ2n) is 4.79. The van der Waals surface area contributed by atoms with Crippen LogP contribution in [0.15, 0.2) is 42.5 Å². The lowest BCUT2D eigenvalue weighted by Crippen LogP contribution is -2.09. The number of ketones is 1. The number of nitrogens with two attached hydrogens (primary N) is 1. The quantitative estimate of drug-likeness (QED) is 0.641. The van der Waals surface area contributed by atoms with Crippen LogP contribution in [0.2, 0.25) is 10.0 Å². The molecule has 0 heterocycles. The molecule has 0 spiro atoms. The summed E-state index contributed by atoms with van der Waals surface area (Å²) < 4.78 is 5.87. The molecule has 0 aliphatic rings. The molecule has 21 heavy (non-hydrogen) atoms. The van der Waals surface area contributed by atoms with E-state index >= 15 is 0 Å². The predicted octanol–water partition coefficient (Wildman–Crippen LogP) is 4.43. The molecule has 0 saturated heterocycles. The van der Waals surface area contributed by atoms with Crippen LogP contribution in [0.5, 0.6) is 0 Å². The zero-order chi connectivity index (χ0) is 15.2. The molecule has 2 rings (SSSR count). The fraction of sp³-hybridized carbons (Fsp3) is 0.235. The summed E-state index contributed by atoms with van der Waals surface area (Å²) in [7, 11) is 0. The van der Waals surface area contributed by atoms with Crippen LogP contribution in [0, 0.1) is 0 Å². The molecule has 4 heteroatoms. The third kappa shape index (κ3) is 4.31. The fourth-order valence-corrected chi connectivity index (χ4v) is 2.88. The molecule has 0 aliphatic carbocycles. The van der Waals surface area contributed by atoms with Crippen LogP contribution < -0.4 is 5.73 Å². The van der Waals surface area contributed by atoms with E-state index in [2.05, 4.69) is 0 Å². The van der Waals surface area contributed by atoms with E-state index in [1.165, 1.54) is 0 Å². The van der Waals surface area contributed by atoms with Crippen LogP contribution in [-0.4, -0.2) is 12.3 Å². The molecular weight excluding hydrogens is 305 g/mol. The van der Waals surface area contributed by atoms with Gasteiger partial charge in [0, 0.05) is 10.6 Å². The summed E-state index contributed by atoms with van der Waals surface area (Å²) in [6, 6.07) is 13.6. The Labute approximate surface area is 135 Å². The number of halogens is 2. The second kappa shape index (κ2) is 7.60. The van der Waals surface area contributed by atoms with E-state index in [9.17, 15) is 0 Å². The van der Waals surface area contributed by atoms with Crippen molar-refractivity contribution >= 4 is 29.0 Å². The smallest absolute Gasteiger partial charge is 0.326 e. The molecule has 0 radical (unpaired) electrons. The molecule has 0 saturated carbocycles. The molecule has 2 nitrogen and oxygen atoms in total. The van der Waals surface area contributed by atoms with Gasteiger partial charge in [-0.2, -0.15) is 0 Å². The summed E-state index contributed by atoms with van der Waals surface area (Å²) in [5.41, 5.74) is 8.68. The highest BCUT2D eigenvalue weighted by Crippen LogP contribution is 2.26. The maximum absolute atomic E-state index is 6.32. The topological polar surface area (TPSA) is 37.3 Å². The predicted molar refractivity (Wildman–Crippen MR) is 89.4 cm³/mol. The average Bonchev–Trinajstić information content (AvgIpc) is 2.46. The Morgan fingerprint density at radius 3 is 2.52 bits per heavy atom. The molecule has 2 aromatic rings. The van der Waals surface area contributed by atoms with Crippen molar-refractivity contribution < 1.29 is 4.42 Å². The monoisotopic (exact) mass is 322 g/mol. The third-order valence-corrected chi connectivity index (χ3v) is 3.72. The van der Waals surface area contributed by atoms with Crippen molar-refractivity contribution in [1.29, 1.82) is 0 Å². The highest BCUT2D eigenvalue weighted by Gasteiger charge is 2.19. The van der Waals surface area contributed by atoms with E-state index in [0.717, 1.165) is 22.5 Å². The number of hydrogen-bond donors (Lipinski definition) is 1. The Kier molecular flexibility index (Phi) is 5.80. The normalized spacial score (nSPS) is 11.7. The lowest BCUT2D eigenvalue weighted by Gasteiger charge is -2.07. The largest absolute Gasteiger partial charge is 0.330 e. The van der Waals surface area contributed by atoms with Crippen molar-refractivity contribution in [3.8, 4) is 0 Å². The first-order chi connectivity index (χ1) is 10.1. The maximum atomic E-state index is 6.32. The Morgan fingerprint density at radius 2 is 1.86 bits per heavy atom. The van der Waals surface area contributed by atoms with Gasteiger partial charge in [0.15, 0.2) is 0 Å². The fourth-order valence-electron chi connectivity index (χ4n) is 2.21. The Balaban J connectivity index is 2.31. The molecule has 0 aromatic heterocycles. The zero-order valence-electron chi connectivity index (χ0n) is 11.9. The van der Waals surface area contributed by atoms with Crippen LogP contribution in [0.1, 0.15) is 28.0 Å². The second-order valence-corrected chi connectivity index (χ2v) is 5.63. The van der Waals surface area contributed by atoms with Crippen LogP contribution in [0.25, 0.3) is 0 Å². The number of hydrogen-bond acceptors (Lipinski definition) is 1. The SMILES string of the molecule is CC(=[O+]Cc1ccccc1)c1c(Cl)cc(Cl)cc1CCN. The average molecular weight is 323 g/mol. The minimum atomic E-state index is 0.508. The minimum absolute atomic E-state index is 0.508. The first-order valence-corrected chi connectivity index (χ1v) is 7.56. The Hall–Kier alpha value is -1.35. The lowest BCUT2D eigenvalue weighted by molar-refractivity contribution is -0.288. The van der Waals surface area contributed by atoms with Crippen molar-refractivity contribution in [3.63, 3.8) is 0 Å². The first-order valence-electron chi connectivity index (χ1n) is 6.80. The van der Waals surface area contributed by atoms with Crippen LogP contribution in [0.4, 0.5) is 0 Å². The van der Waals surface area contributed by atoms with Crippen LogP contribution in [0.3, 0.4) is 0 Å². The van der Waals surface area contributed by atoms with Gasteiger partial charge >= 0.3 is 5.78 Å². The van der Waals surface area contributed by atoms with Crippen molar-refractivity contribution in [2.75, 3.05) is 6.54 Å². The molecule has 2 N–H and O–H groups in total. The first kappa shape index (κ1) is 16.0. The van der Waals surface area contributed by atoms with Gasteiger partial charge in [0.25, 0.3) is 6.61 Å². The molecule has 0 amide bonds. The van der Waals surface area contributed by atoms with Gasteiger partial charge in [0.2, 0.25) is 0 Å². The van der Waals surface area contributed by atoms with Gasteiger partial charge in [-0.1, -0.05) is 41.4 Å². The van der Waals surface area contributed by atoms with Gasteiger partial charge < -0.3 is 5.73 Å². The van der Waals surface area contributed by atoms with E-state index in [0.29, 0.717) is 29.6 Å². The molecule has 0 fully saturated rings. The van der Waals surface area contributed by atoms with Gasteiger partial charge in [-0.05, 0) is 42.8 Å². The van der Waals surface area contributed by atoms with E-state index in [-0.39, 0.29) is 0 Å². The maximum Gasteiger partial charge on any atom is 0.326 e. The Morgan fingerprint density at radius 1 is 1.14 bits per heavy atom. The van der Waals surface area contributed by atoms with Crippen molar-refractivity contribution in [3.05, 3.63) is 69.2 Å². The standard InChI is InChI=1S/C17H18Cl2NO/c1-12(21-11-13-5-3-2-4-6-13)17-14(7-8-20)9-15(18)10-16(17)19/h2-6,9-10H,7-8,11,20H2,1H3/q+1. The van der Waals surface area contributed by atoms with E-state index in [1.54, 1.807) is 6.07 Å². The number of carbonyl (C=O) groups excluding carboxylic acids is 1. The number of benzene rings is 2. The lowest BCUT2D eigenvalue weighted by atomic mass is 10.0. The van der Waals surface area contributed by atoms with E-state index < -0.39 is 0 Å². The van der Waals surface area contributed by atoms with Crippen molar-refractivity contribution in [1.82, 2.24) is 0 Å². The van der Waals surface area contributed by atoms with Crippen molar-refractivity contribution in [2.45, 2.75) is 20.0 Å². The number of rotatable bonds is 5. The molecule has 0 bridgehead atoms. The molecule has 0 atom stereocenters. The zero-order valence-corrected chi connectivity index (χ0v) is 13.4. The van der Waals surface area contributed by atoms with Gasteiger partial charge in [0.1, 0.15) is 0 Å². The minimum Gasteiger partial charge on any atom is -0.330 e. The summed E-state index contributed by atoms with van der Waals surface area (Å²) in [6.07, 6.45) is 0.710. The summed E-state index contributed by atoms with van der Waals surface area (Å²) in [5, 5.41) is 1.21. The summed E-state index contributed by atoms with van der Waals surface area (Å²) in [6.45, 7) is 2.96. The molecular formula is C17H18Cl2NO+. The van der Waals surface area contributed by atoms with E-state index in [1.807, 2.05) is 43.3 Å².